The van der Waals surface area contributed by atoms with Crippen molar-refractivity contribution in [1.29, 1.82) is 0 Å². The van der Waals surface area contributed by atoms with Crippen LogP contribution >= 0.6 is 0 Å². The number of benzene rings is 2. The molecule has 1 atom stereocenters. The number of hydrogen-bond donors (Lipinski definition) is 1. The first kappa shape index (κ1) is 16.3. The van der Waals surface area contributed by atoms with E-state index in [2.05, 4.69) is 12.1 Å². The highest BCUT2D eigenvalue weighted by Gasteiger charge is 2.29. The molecule has 25 heavy (non-hydrogen) atoms. The predicted molar refractivity (Wildman–Crippen MR) is 98.5 cm³/mol. The number of aliphatic hydroxyl groups is 1. The van der Waals surface area contributed by atoms with Crippen LogP contribution in [0.25, 0.3) is 0 Å². The average Bonchev–Trinajstić information content (AvgIpc) is 3.15. The Hall–Kier alpha value is -2.13. The Morgan fingerprint density at radius 2 is 1.72 bits per heavy atom. The molecule has 1 aliphatic carbocycles. The lowest BCUT2D eigenvalue weighted by Crippen LogP contribution is -2.39. The number of aliphatic hydroxyl groups excluding tert-OH is 1. The van der Waals surface area contributed by atoms with E-state index in [9.17, 15) is 9.90 Å². The standard InChI is InChI=1S/C22H25NO2/c24-21(17-5-2-1-3-6-17)18-11-13-23(14-12-18)22(25)20-10-9-16-7-4-8-19(16)15-20/h1-3,5-6,9-10,15,18,21,24H,4,7-8,11-14H2/t21-/m1/s1. The Bertz CT molecular complexity index is 748. The Morgan fingerprint density at radius 3 is 2.48 bits per heavy atom. The van der Waals surface area contributed by atoms with Crippen molar-refractivity contribution in [2.45, 2.75) is 38.2 Å². The molecule has 0 bridgehead atoms. The van der Waals surface area contributed by atoms with Crippen LogP contribution in [0.1, 0.15) is 52.4 Å². The number of aryl methyl sites for hydroxylation is 2. The van der Waals surface area contributed by atoms with E-state index < -0.39 is 6.10 Å². The SMILES string of the molecule is O=C(c1ccc2c(c1)CCC2)N1CCC([C@H](O)c2ccccc2)CC1. The number of piperidine rings is 1. The second-order valence-corrected chi connectivity index (χ2v) is 7.32. The molecule has 1 aliphatic heterocycles. The highest BCUT2D eigenvalue weighted by Crippen LogP contribution is 2.31. The number of rotatable bonds is 3. The van der Waals surface area contributed by atoms with Gasteiger partial charge in [0.25, 0.3) is 5.91 Å². The molecule has 3 nitrogen and oxygen atoms in total. The lowest BCUT2D eigenvalue weighted by atomic mass is 9.87. The van der Waals surface area contributed by atoms with E-state index >= 15 is 0 Å². The van der Waals surface area contributed by atoms with Gasteiger partial charge in [-0.3, -0.25) is 4.79 Å². The van der Waals surface area contributed by atoms with Crippen molar-refractivity contribution >= 4 is 5.91 Å². The Morgan fingerprint density at radius 1 is 1.00 bits per heavy atom. The third-order valence-corrected chi connectivity index (χ3v) is 5.76. The maximum Gasteiger partial charge on any atom is 0.253 e. The molecule has 2 aromatic carbocycles. The Balaban J connectivity index is 1.39. The Kier molecular flexibility index (Phi) is 4.58. The average molecular weight is 335 g/mol. The topological polar surface area (TPSA) is 40.5 Å². The first-order valence-electron chi connectivity index (χ1n) is 9.36. The van der Waals surface area contributed by atoms with Gasteiger partial charge in [0.2, 0.25) is 0 Å². The van der Waals surface area contributed by atoms with Gasteiger partial charge in [-0.25, -0.2) is 0 Å². The van der Waals surface area contributed by atoms with Gasteiger partial charge < -0.3 is 10.0 Å². The summed E-state index contributed by atoms with van der Waals surface area (Å²) in [5.41, 5.74) is 4.55. The van der Waals surface area contributed by atoms with E-state index in [1.54, 1.807) is 0 Å². The molecule has 0 aromatic heterocycles. The van der Waals surface area contributed by atoms with Gasteiger partial charge >= 0.3 is 0 Å². The Labute approximate surface area is 149 Å². The van der Waals surface area contributed by atoms with Crippen molar-refractivity contribution in [1.82, 2.24) is 4.90 Å². The van der Waals surface area contributed by atoms with Crippen LogP contribution in [0.15, 0.2) is 48.5 Å². The van der Waals surface area contributed by atoms with Crippen molar-refractivity contribution in [3.05, 3.63) is 70.8 Å². The number of carbonyl (C=O) groups excluding carboxylic acids is 1. The molecule has 0 spiro atoms. The summed E-state index contributed by atoms with van der Waals surface area (Å²) in [4.78, 5) is 14.8. The van der Waals surface area contributed by atoms with Crippen LogP contribution in [0.4, 0.5) is 0 Å². The molecule has 1 amide bonds. The molecule has 0 radical (unpaired) electrons. The lowest BCUT2D eigenvalue weighted by Gasteiger charge is -2.34. The zero-order valence-electron chi connectivity index (χ0n) is 14.5. The zero-order chi connectivity index (χ0) is 17.2. The minimum atomic E-state index is -0.432. The van der Waals surface area contributed by atoms with Crippen LogP contribution < -0.4 is 0 Å². The van der Waals surface area contributed by atoms with Crippen molar-refractivity contribution in [3.8, 4) is 0 Å². The molecular formula is C22H25NO2. The molecule has 3 heteroatoms. The number of nitrogens with zero attached hydrogens (tertiary/aromatic N) is 1. The van der Waals surface area contributed by atoms with Gasteiger partial charge in [-0.15, -0.1) is 0 Å². The summed E-state index contributed by atoms with van der Waals surface area (Å²) < 4.78 is 0. The molecular weight excluding hydrogens is 310 g/mol. The molecule has 0 unspecified atom stereocenters. The van der Waals surface area contributed by atoms with Gasteiger partial charge in [0.05, 0.1) is 6.10 Å². The highest BCUT2D eigenvalue weighted by molar-refractivity contribution is 5.94. The first-order valence-corrected chi connectivity index (χ1v) is 9.36. The van der Waals surface area contributed by atoms with Gasteiger partial charge in [-0.2, -0.15) is 0 Å². The highest BCUT2D eigenvalue weighted by atomic mass is 16.3. The number of carbonyl (C=O) groups is 1. The third-order valence-electron chi connectivity index (χ3n) is 5.76. The molecule has 0 saturated carbocycles. The van der Waals surface area contributed by atoms with Crippen LogP contribution in [0.2, 0.25) is 0 Å². The number of fused-ring (bicyclic) bond motifs is 1. The van der Waals surface area contributed by atoms with Gasteiger partial charge in [0.1, 0.15) is 0 Å². The van der Waals surface area contributed by atoms with E-state index in [4.69, 9.17) is 0 Å². The summed E-state index contributed by atoms with van der Waals surface area (Å²) in [5.74, 6) is 0.369. The number of likely N-dealkylation sites (tertiary alicyclic amines) is 1. The van der Waals surface area contributed by atoms with Crippen LogP contribution in [0.3, 0.4) is 0 Å². The van der Waals surface area contributed by atoms with Gasteiger partial charge in [-0.05, 0) is 66.8 Å². The number of amides is 1. The summed E-state index contributed by atoms with van der Waals surface area (Å²) in [7, 11) is 0. The summed E-state index contributed by atoms with van der Waals surface area (Å²) in [5, 5.41) is 10.6. The second-order valence-electron chi connectivity index (χ2n) is 7.32. The van der Waals surface area contributed by atoms with Crippen LogP contribution in [0, 0.1) is 5.92 Å². The van der Waals surface area contributed by atoms with Crippen molar-refractivity contribution in [2.75, 3.05) is 13.1 Å². The molecule has 1 heterocycles. The van der Waals surface area contributed by atoms with E-state index in [1.807, 2.05) is 41.3 Å². The quantitative estimate of drug-likeness (QED) is 0.928. The van der Waals surface area contributed by atoms with E-state index in [0.717, 1.165) is 49.9 Å². The summed E-state index contributed by atoms with van der Waals surface area (Å²) in [6.45, 7) is 1.45. The zero-order valence-corrected chi connectivity index (χ0v) is 14.5. The summed E-state index contributed by atoms with van der Waals surface area (Å²) >= 11 is 0. The molecule has 4 rings (SSSR count). The third kappa shape index (κ3) is 3.34. The van der Waals surface area contributed by atoms with Gasteiger partial charge in [-0.1, -0.05) is 36.4 Å². The summed E-state index contributed by atoms with van der Waals surface area (Å²) in [6.07, 6.45) is 4.72. The van der Waals surface area contributed by atoms with Gasteiger partial charge in [0, 0.05) is 18.7 Å². The van der Waals surface area contributed by atoms with Gasteiger partial charge in [0.15, 0.2) is 0 Å². The second kappa shape index (κ2) is 7.01. The minimum absolute atomic E-state index is 0.141. The largest absolute Gasteiger partial charge is 0.388 e. The van der Waals surface area contributed by atoms with Crippen molar-refractivity contribution in [3.63, 3.8) is 0 Å². The first-order chi connectivity index (χ1) is 12.2. The van der Waals surface area contributed by atoms with Crippen molar-refractivity contribution < 1.29 is 9.90 Å². The smallest absolute Gasteiger partial charge is 0.253 e. The molecule has 1 saturated heterocycles. The monoisotopic (exact) mass is 335 g/mol. The predicted octanol–water partition coefficient (Wildman–Crippen LogP) is 3.76. The van der Waals surface area contributed by atoms with Crippen LogP contribution in [-0.4, -0.2) is 29.0 Å². The fraction of sp³-hybridized carbons (Fsp3) is 0.409. The maximum atomic E-state index is 12.8. The molecule has 2 aromatic rings. The fourth-order valence-corrected chi connectivity index (χ4v) is 4.23. The van der Waals surface area contributed by atoms with Crippen molar-refractivity contribution in [2.24, 2.45) is 5.92 Å². The van der Waals surface area contributed by atoms with E-state index in [0.29, 0.717) is 0 Å². The lowest BCUT2D eigenvalue weighted by molar-refractivity contribution is 0.0462. The van der Waals surface area contributed by atoms with E-state index in [-0.39, 0.29) is 11.8 Å². The molecule has 2 aliphatic rings. The maximum absolute atomic E-state index is 12.8. The number of hydrogen-bond acceptors (Lipinski definition) is 2. The minimum Gasteiger partial charge on any atom is -0.388 e. The summed E-state index contributed by atoms with van der Waals surface area (Å²) in [6, 6.07) is 16.1. The van der Waals surface area contributed by atoms with Crippen LogP contribution in [0.5, 0.6) is 0 Å². The normalized spacial score (nSPS) is 18.8. The van der Waals surface area contributed by atoms with Crippen LogP contribution in [-0.2, 0) is 12.8 Å². The molecule has 130 valence electrons. The van der Waals surface area contributed by atoms with E-state index in [1.165, 1.54) is 17.5 Å². The fourth-order valence-electron chi connectivity index (χ4n) is 4.23. The molecule has 1 fully saturated rings. The molecule has 1 N–H and O–H groups in total.